The molecule has 1 aromatic carbocycles. The molecular weight excluding hydrogens is 270 g/mol. The summed E-state index contributed by atoms with van der Waals surface area (Å²) in [6, 6.07) is 11.3. The monoisotopic (exact) mass is 297 g/mol. The molecule has 5 heteroatoms. The third kappa shape index (κ3) is 6.15. The molecule has 1 aromatic rings. The fraction of sp³-hybridized carbons (Fsp3) is 0.600. The molecular formula is C15H27NO3Si. The van der Waals surface area contributed by atoms with Crippen molar-refractivity contribution in [1.82, 2.24) is 0 Å². The third-order valence-electron chi connectivity index (χ3n) is 2.96. The van der Waals surface area contributed by atoms with Gasteiger partial charge in [0.05, 0.1) is 6.61 Å². The van der Waals surface area contributed by atoms with Crippen LogP contribution in [0, 0.1) is 0 Å². The van der Waals surface area contributed by atoms with E-state index >= 15 is 0 Å². The van der Waals surface area contributed by atoms with Crippen LogP contribution in [-0.2, 0) is 19.7 Å². The van der Waals surface area contributed by atoms with Crippen molar-refractivity contribution in [3.63, 3.8) is 0 Å². The normalized spacial score (nSPS) is 11.8. The van der Waals surface area contributed by atoms with Crippen LogP contribution in [0.25, 0.3) is 0 Å². The molecule has 0 aliphatic rings. The first-order chi connectivity index (χ1) is 9.76. The summed E-state index contributed by atoms with van der Waals surface area (Å²) < 4.78 is 17.6. The van der Waals surface area contributed by atoms with Crippen LogP contribution in [0.1, 0.15) is 25.8 Å². The number of benzene rings is 1. The second-order valence-corrected chi connectivity index (χ2v) is 7.26. The predicted molar refractivity (Wildman–Crippen MR) is 83.6 cm³/mol. The Bertz CT molecular complexity index is 342. The molecule has 4 nitrogen and oxygen atoms in total. The van der Waals surface area contributed by atoms with Gasteiger partial charge in [0.15, 0.2) is 0 Å². The van der Waals surface area contributed by atoms with E-state index in [1.165, 1.54) is 5.56 Å². The maximum atomic E-state index is 5.87. The molecule has 0 aliphatic carbocycles. The Morgan fingerprint density at radius 3 is 2.20 bits per heavy atom. The van der Waals surface area contributed by atoms with Crippen molar-refractivity contribution in [3.8, 4) is 0 Å². The van der Waals surface area contributed by atoms with Crippen molar-refractivity contribution in [2.75, 3.05) is 26.4 Å². The molecule has 0 bridgehead atoms. The van der Waals surface area contributed by atoms with Crippen LogP contribution in [0.4, 0.5) is 0 Å². The van der Waals surface area contributed by atoms with Gasteiger partial charge in [-0.05, 0) is 32.3 Å². The Balaban J connectivity index is 2.53. The smallest absolute Gasteiger partial charge is 0.374 e. The van der Waals surface area contributed by atoms with E-state index < -0.39 is 8.80 Å². The molecule has 2 N–H and O–H groups in total. The number of rotatable bonds is 11. The summed E-state index contributed by atoms with van der Waals surface area (Å²) >= 11 is 0. The van der Waals surface area contributed by atoms with Gasteiger partial charge in [-0.25, -0.2) is 0 Å². The van der Waals surface area contributed by atoms with E-state index in [4.69, 9.17) is 19.0 Å². The van der Waals surface area contributed by atoms with Crippen LogP contribution in [0.5, 0.6) is 0 Å². The predicted octanol–water partition coefficient (Wildman–Crippen LogP) is 2.61. The molecule has 20 heavy (non-hydrogen) atoms. The van der Waals surface area contributed by atoms with Gasteiger partial charge in [0, 0.05) is 25.8 Å². The summed E-state index contributed by atoms with van der Waals surface area (Å²) in [6.45, 7) is 6.17. The third-order valence-corrected chi connectivity index (χ3v) is 6.03. The number of nitrogens with two attached hydrogens (primary N) is 1. The van der Waals surface area contributed by atoms with Gasteiger partial charge in [0.1, 0.15) is 0 Å². The van der Waals surface area contributed by atoms with Crippen LogP contribution >= 0.6 is 0 Å². The first-order valence-corrected chi connectivity index (χ1v) is 9.35. The summed E-state index contributed by atoms with van der Waals surface area (Å²) in [5, 5.41) is 0. The van der Waals surface area contributed by atoms with Gasteiger partial charge in [-0.2, -0.15) is 0 Å². The summed E-state index contributed by atoms with van der Waals surface area (Å²) in [5.74, 6) is 0. The number of hydrogen-bond donors (Lipinski definition) is 1. The Hall–Kier alpha value is -0.723. The lowest BCUT2D eigenvalue weighted by molar-refractivity contribution is 0.0689. The van der Waals surface area contributed by atoms with E-state index in [0.29, 0.717) is 26.4 Å². The van der Waals surface area contributed by atoms with E-state index in [2.05, 4.69) is 24.3 Å². The zero-order chi connectivity index (χ0) is 14.7. The molecule has 114 valence electrons. The van der Waals surface area contributed by atoms with Gasteiger partial charge in [0.25, 0.3) is 0 Å². The molecule has 0 atom stereocenters. The van der Waals surface area contributed by atoms with Crippen molar-refractivity contribution in [2.24, 2.45) is 5.73 Å². The van der Waals surface area contributed by atoms with Crippen molar-refractivity contribution in [3.05, 3.63) is 35.9 Å². The summed E-state index contributed by atoms with van der Waals surface area (Å²) in [4.78, 5) is 0. The zero-order valence-electron chi connectivity index (χ0n) is 12.6. The summed E-state index contributed by atoms with van der Waals surface area (Å²) in [6.07, 6.45) is 2.02. The highest BCUT2D eigenvalue weighted by Gasteiger charge is 2.39. The van der Waals surface area contributed by atoms with Gasteiger partial charge in [0.2, 0.25) is 0 Å². The lowest BCUT2D eigenvalue weighted by Crippen LogP contribution is -2.47. The maximum Gasteiger partial charge on any atom is 0.500 e. The van der Waals surface area contributed by atoms with Gasteiger partial charge in [-0.1, -0.05) is 30.3 Å². The SMILES string of the molecule is CCO[Si](CCCc1ccccc1)(OCC)OCCN. The molecule has 0 spiro atoms. The van der Waals surface area contributed by atoms with Crippen LogP contribution in [-0.4, -0.2) is 35.2 Å². The highest BCUT2D eigenvalue weighted by molar-refractivity contribution is 6.60. The Morgan fingerprint density at radius 2 is 1.65 bits per heavy atom. The van der Waals surface area contributed by atoms with E-state index in [9.17, 15) is 0 Å². The minimum absolute atomic E-state index is 0.494. The topological polar surface area (TPSA) is 53.7 Å². The van der Waals surface area contributed by atoms with Crippen LogP contribution in [0.15, 0.2) is 30.3 Å². The average Bonchev–Trinajstić information content (AvgIpc) is 2.47. The van der Waals surface area contributed by atoms with Gasteiger partial charge in [-0.15, -0.1) is 0 Å². The Morgan fingerprint density at radius 1 is 1.00 bits per heavy atom. The fourth-order valence-corrected chi connectivity index (χ4v) is 4.75. The van der Waals surface area contributed by atoms with Gasteiger partial charge >= 0.3 is 8.80 Å². The van der Waals surface area contributed by atoms with Gasteiger partial charge < -0.3 is 19.0 Å². The molecule has 0 fully saturated rings. The van der Waals surface area contributed by atoms with Crippen molar-refractivity contribution in [1.29, 1.82) is 0 Å². The second-order valence-electron chi connectivity index (χ2n) is 4.53. The molecule has 0 aromatic heterocycles. The largest absolute Gasteiger partial charge is 0.500 e. The fourth-order valence-electron chi connectivity index (χ4n) is 2.15. The maximum absolute atomic E-state index is 5.87. The highest BCUT2D eigenvalue weighted by atomic mass is 28.4. The average molecular weight is 297 g/mol. The Kier molecular flexibility index (Phi) is 8.72. The summed E-state index contributed by atoms with van der Waals surface area (Å²) in [5.41, 5.74) is 6.87. The van der Waals surface area contributed by atoms with E-state index in [1.54, 1.807) is 0 Å². The van der Waals surface area contributed by atoms with Crippen molar-refractivity contribution in [2.45, 2.75) is 32.7 Å². The molecule has 0 saturated heterocycles. The van der Waals surface area contributed by atoms with E-state index in [1.807, 2.05) is 19.9 Å². The summed E-state index contributed by atoms with van der Waals surface area (Å²) in [7, 11) is -2.55. The first kappa shape index (κ1) is 17.3. The quantitative estimate of drug-likeness (QED) is 0.638. The minimum Gasteiger partial charge on any atom is -0.374 e. The van der Waals surface area contributed by atoms with Crippen molar-refractivity contribution >= 4 is 8.80 Å². The lowest BCUT2D eigenvalue weighted by atomic mass is 10.1. The standard InChI is InChI=1S/C15H27NO3Si/c1-3-17-20(18-4-2,19-13-12-16)14-8-11-15-9-6-5-7-10-15/h5-7,9-10H,3-4,8,11-14,16H2,1-2H3. The van der Waals surface area contributed by atoms with E-state index in [0.717, 1.165) is 18.9 Å². The molecule has 1 rings (SSSR count). The zero-order valence-corrected chi connectivity index (χ0v) is 13.6. The number of hydrogen-bond acceptors (Lipinski definition) is 4. The molecule has 0 saturated carbocycles. The highest BCUT2D eigenvalue weighted by Crippen LogP contribution is 2.19. The van der Waals surface area contributed by atoms with Crippen LogP contribution in [0.2, 0.25) is 6.04 Å². The molecule has 0 heterocycles. The van der Waals surface area contributed by atoms with Crippen molar-refractivity contribution < 1.29 is 13.3 Å². The Labute approximate surface area is 123 Å². The van der Waals surface area contributed by atoms with E-state index in [-0.39, 0.29) is 0 Å². The molecule has 0 unspecified atom stereocenters. The first-order valence-electron chi connectivity index (χ1n) is 7.42. The minimum atomic E-state index is -2.55. The molecule has 0 radical (unpaired) electrons. The molecule has 0 amide bonds. The molecule has 0 aliphatic heterocycles. The van der Waals surface area contributed by atoms with Gasteiger partial charge in [-0.3, -0.25) is 0 Å². The number of aryl methyl sites for hydroxylation is 1. The van der Waals surface area contributed by atoms with Crippen LogP contribution < -0.4 is 5.73 Å². The second kappa shape index (κ2) is 10.1. The van der Waals surface area contributed by atoms with Crippen LogP contribution in [0.3, 0.4) is 0 Å². The lowest BCUT2D eigenvalue weighted by Gasteiger charge is -2.28.